The molecule has 19 heavy (non-hydrogen) atoms. The van der Waals surface area contributed by atoms with Gasteiger partial charge in [-0.05, 0) is 31.0 Å². The molecular weight excluding hydrogens is 251 g/mol. The average Bonchev–Trinajstić information content (AvgIpc) is 2.80. The molecule has 1 aliphatic heterocycles. The summed E-state index contributed by atoms with van der Waals surface area (Å²) in [4.78, 5) is 24.9. The number of rotatable bonds is 3. The molecule has 1 atom stereocenters. The lowest BCUT2D eigenvalue weighted by Gasteiger charge is -2.20. The lowest BCUT2D eigenvalue weighted by atomic mass is 10.1. The average molecular weight is 266 g/mol. The summed E-state index contributed by atoms with van der Waals surface area (Å²) in [5, 5.41) is 0. The Kier molecular flexibility index (Phi) is 3.80. The summed E-state index contributed by atoms with van der Waals surface area (Å²) < 4.78 is 17.9. The first kappa shape index (κ1) is 13.5. The van der Waals surface area contributed by atoms with E-state index in [1.54, 1.807) is 13.0 Å². The summed E-state index contributed by atoms with van der Waals surface area (Å²) in [5.41, 5.74) is 6.91. The van der Waals surface area contributed by atoms with E-state index in [-0.39, 0.29) is 6.61 Å². The van der Waals surface area contributed by atoms with E-state index < -0.39 is 23.7 Å². The van der Waals surface area contributed by atoms with Crippen molar-refractivity contribution in [3.8, 4) is 0 Å². The molecule has 1 heterocycles. The molecule has 6 heteroatoms. The third kappa shape index (κ3) is 2.58. The van der Waals surface area contributed by atoms with E-state index in [1.807, 2.05) is 0 Å². The smallest absolute Gasteiger partial charge is 0.332 e. The molecule has 2 N–H and O–H groups in total. The Morgan fingerprint density at radius 3 is 2.95 bits per heavy atom. The number of nitrogens with zero attached hydrogens (tertiary/aromatic N) is 1. The van der Waals surface area contributed by atoms with Crippen LogP contribution in [0.25, 0.3) is 0 Å². The number of carbonyl (C=O) groups is 2. The highest BCUT2D eigenvalue weighted by molar-refractivity contribution is 6.10. The first-order valence-electron chi connectivity index (χ1n) is 6.06. The lowest BCUT2D eigenvalue weighted by Crippen LogP contribution is -2.48. The molecule has 1 unspecified atom stereocenters. The normalized spacial score (nSPS) is 15.0. The van der Waals surface area contributed by atoms with Crippen LogP contribution in [0.5, 0.6) is 0 Å². The van der Waals surface area contributed by atoms with Crippen molar-refractivity contribution in [2.45, 2.75) is 19.4 Å². The Balaban J connectivity index is 2.19. The van der Waals surface area contributed by atoms with E-state index in [4.69, 9.17) is 10.5 Å². The molecule has 0 bridgehead atoms. The van der Waals surface area contributed by atoms with Gasteiger partial charge in [-0.2, -0.15) is 0 Å². The number of halogens is 1. The first-order chi connectivity index (χ1) is 9.04. The molecule has 0 saturated carbocycles. The number of carbonyl (C=O) groups excluding carboxylic acids is 2. The number of nitrogens with two attached hydrogens (primary N) is 1. The summed E-state index contributed by atoms with van der Waals surface area (Å²) in [6.45, 7) is 2.19. The number of hydrogen-bond acceptors (Lipinski definition) is 4. The molecule has 0 fully saturated rings. The van der Waals surface area contributed by atoms with Gasteiger partial charge in [0.15, 0.2) is 6.04 Å². The number of anilines is 1. The van der Waals surface area contributed by atoms with Crippen LogP contribution < -0.4 is 10.6 Å². The molecule has 5 nitrogen and oxygen atoms in total. The molecule has 0 saturated heterocycles. The number of fused-ring (bicyclic) bond motifs is 1. The maximum absolute atomic E-state index is 13.2. The molecular formula is C13H15FN2O3. The van der Waals surface area contributed by atoms with Gasteiger partial charge in [0.1, 0.15) is 5.82 Å². The molecule has 1 amide bonds. The van der Waals surface area contributed by atoms with E-state index in [0.717, 1.165) is 5.56 Å². The SMILES string of the molecule is CCOC(=O)C(N)C(=O)N1CCc2ccc(F)cc21. The quantitative estimate of drug-likeness (QED) is 0.642. The van der Waals surface area contributed by atoms with Crippen LogP contribution in [0.2, 0.25) is 0 Å². The van der Waals surface area contributed by atoms with Crippen LogP contribution in [-0.2, 0) is 20.7 Å². The van der Waals surface area contributed by atoms with Crippen LogP contribution in [0.3, 0.4) is 0 Å². The molecule has 0 aromatic heterocycles. The summed E-state index contributed by atoms with van der Waals surface area (Å²) in [5.74, 6) is -1.76. The van der Waals surface area contributed by atoms with Crippen LogP contribution in [0.15, 0.2) is 18.2 Å². The second-order valence-corrected chi connectivity index (χ2v) is 4.24. The van der Waals surface area contributed by atoms with Crippen molar-refractivity contribution < 1.29 is 18.7 Å². The number of ether oxygens (including phenoxy) is 1. The van der Waals surface area contributed by atoms with Crippen LogP contribution in [0.4, 0.5) is 10.1 Å². The Morgan fingerprint density at radius 2 is 2.26 bits per heavy atom. The fourth-order valence-corrected chi connectivity index (χ4v) is 2.08. The Hall–Kier alpha value is -1.95. The minimum atomic E-state index is -1.37. The molecule has 2 rings (SSSR count). The van der Waals surface area contributed by atoms with Gasteiger partial charge in [-0.3, -0.25) is 4.79 Å². The van der Waals surface area contributed by atoms with Crippen molar-refractivity contribution in [3.63, 3.8) is 0 Å². The molecule has 0 radical (unpaired) electrons. The topological polar surface area (TPSA) is 72.6 Å². The predicted octanol–water partition coefficient (Wildman–Crippen LogP) is 0.605. The zero-order chi connectivity index (χ0) is 14.0. The van der Waals surface area contributed by atoms with Crippen molar-refractivity contribution in [3.05, 3.63) is 29.6 Å². The zero-order valence-electron chi connectivity index (χ0n) is 10.6. The summed E-state index contributed by atoms with van der Waals surface area (Å²) in [6, 6.07) is 2.89. The van der Waals surface area contributed by atoms with Gasteiger partial charge in [0, 0.05) is 12.2 Å². The molecule has 1 aliphatic rings. The van der Waals surface area contributed by atoms with Crippen molar-refractivity contribution in [1.82, 2.24) is 0 Å². The predicted molar refractivity (Wildman–Crippen MR) is 67.1 cm³/mol. The van der Waals surface area contributed by atoms with Crippen LogP contribution >= 0.6 is 0 Å². The highest BCUT2D eigenvalue weighted by Crippen LogP contribution is 2.29. The van der Waals surface area contributed by atoms with Crippen molar-refractivity contribution in [2.24, 2.45) is 5.73 Å². The van der Waals surface area contributed by atoms with Gasteiger partial charge >= 0.3 is 5.97 Å². The Morgan fingerprint density at radius 1 is 1.53 bits per heavy atom. The van der Waals surface area contributed by atoms with E-state index in [0.29, 0.717) is 18.7 Å². The fraction of sp³-hybridized carbons (Fsp3) is 0.385. The van der Waals surface area contributed by atoms with Crippen LogP contribution in [0.1, 0.15) is 12.5 Å². The summed E-state index contributed by atoms with van der Waals surface area (Å²) >= 11 is 0. The van der Waals surface area contributed by atoms with Crippen molar-refractivity contribution >= 4 is 17.6 Å². The van der Waals surface area contributed by atoms with Crippen molar-refractivity contribution in [1.29, 1.82) is 0 Å². The molecule has 1 aromatic rings. The van der Waals surface area contributed by atoms with E-state index in [9.17, 15) is 14.0 Å². The van der Waals surface area contributed by atoms with E-state index in [1.165, 1.54) is 17.0 Å². The van der Waals surface area contributed by atoms with Gasteiger partial charge in [0.2, 0.25) is 0 Å². The molecule has 0 aliphatic carbocycles. The monoisotopic (exact) mass is 266 g/mol. The van der Waals surface area contributed by atoms with Gasteiger partial charge < -0.3 is 15.4 Å². The largest absolute Gasteiger partial charge is 0.464 e. The minimum absolute atomic E-state index is 0.158. The third-order valence-electron chi connectivity index (χ3n) is 3.02. The molecule has 1 aromatic carbocycles. The van der Waals surface area contributed by atoms with Gasteiger partial charge in [-0.25, -0.2) is 9.18 Å². The molecule has 102 valence electrons. The summed E-state index contributed by atoms with van der Waals surface area (Å²) in [6.07, 6.45) is 0.622. The minimum Gasteiger partial charge on any atom is -0.464 e. The lowest BCUT2D eigenvalue weighted by molar-refractivity contribution is -0.147. The highest BCUT2D eigenvalue weighted by atomic mass is 19.1. The van der Waals surface area contributed by atoms with Crippen LogP contribution in [0, 0.1) is 5.82 Å². The Labute approximate surface area is 110 Å². The first-order valence-corrected chi connectivity index (χ1v) is 6.06. The molecule has 0 spiro atoms. The van der Waals surface area contributed by atoms with Gasteiger partial charge in [-0.15, -0.1) is 0 Å². The number of esters is 1. The van der Waals surface area contributed by atoms with Gasteiger partial charge in [0.05, 0.1) is 6.61 Å². The van der Waals surface area contributed by atoms with Gasteiger partial charge in [0.25, 0.3) is 5.91 Å². The number of benzene rings is 1. The second-order valence-electron chi connectivity index (χ2n) is 4.24. The zero-order valence-corrected chi connectivity index (χ0v) is 10.6. The fourth-order valence-electron chi connectivity index (χ4n) is 2.08. The van der Waals surface area contributed by atoms with Crippen molar-refractivity contribution in [2.75, 3.05) is 18.1 Å². The standard InChI is InChI=1S/C13H15FN2O3/c1-2-19-13(18)11(15)12(17)16-6-5-8-3-4-9(14)7-10(8)16/h3-4,7,11H,2,5-6,15H2,1H3. The third-order valence-corrected chi connectivity index (χ3v) is 3.02. The van der Waals surface area contributed by atoms with E-state index in [2.05, 4.69) is 0 Å². The van der Waals surface area contributed by atoms with Gasteiger partial charge in [-0.1, -0.05) is 6.07 Å². The highest BCUT2D eigenvalue weighted by Gasteiger charge is 2.33. The maximum Gasteiger partial charge on any atom is 0.332 e. The Bertz CT molecular complexity index is 519. The summed E-state index contributed by atoms with van der Waals surface area (Å²) in [7, 11) is 0. The number of amides is 1. The number of hydrogen-bond donors (Lipinski definition) is 1. The van der Waals surface area contributed by atoms with E-state index >= 15 is 0 Å². The second kappa shape index (κ2) is 5.36. The maximum atomic E-state index is 13.2. The van der Waals surface area contributed by atoms with Crippen LogP contribution in [-0.4, -0.2) is 31.1 Å².